The molecule has 1 N–H and O–H groups in total. The number of methoxy groups -OCH3 is 1. The van der Waals surface area contributed by atoms with Crippen molar-refractivity contribution in [1.29, 1.82) is 0 Å². The first-order valence-electron chi connectivity index (χ1n) is 9.12. The molecule has 5 heteroatoms. The van der Waals surface area contributed by atoms with Crippen LogP contribution in [0.4, 0.5) is 11.4 Å². The van der Waals surface area contributed by atoms with Crippen molar-refractivity contribution in [1.82, 2.24) is 0 Å². The fourth-order valence-corrected chi connectivity index (χ4v) is 3.06. The molecule has 1 fully saturated rings. The van der Waals surface area contributed by atoms with Crippen LogP contribution >= 0.6 is 0 Å². The zero-order valence-electron chi connectivity index (χ0n) is 15.4. The van der Waals surface area contributed by atoms with Gasteiger partial charge >= 0.3 is 0 Å². The van der Waals surface area contributed by atoms with Crippen molar-refractivity contribution < 1.29 is 14.3 Å². The number of carbonyl (C=O) groups excluding carboxylic acids is 1. The zero-order chi connectivity index (χ0) is 18.4. The van der Waals surface area contributed by atoms with Crippen LogP contribution in [0.1, 0.15) is 26.2 Å². The van der Waals surface area contributed by atoms with Crippen LogP contribution in [-0.2, 0) is 4.79 Å². The van der Waals surface area contributed by atoms with Crippen molar-refractivity contribution in [3.05, 3.63) is 48.5 Å². The lowest BCUT2D eigenvalue weighted by Crippen LogP contribution is -2.30. The van der Waals surface area contributed by atoms with E-state index in [0.717, 1.165) is 24.5 Å². The second kappa shape index (κ2) is 8.61. The molecule has 0 spiro atoms. The Bertz CT molecular complexity index is 707. The van der Waals surface area contributed by atoms with E-state index in [1.165, 1.54) is 24.9 Å². The van der Waals surface area contributed by atoms with Crippen molar-refractivity contribution >= 4 is 17.3 Å². The average molecular weight is 354 g/mol. The van der Waals surface area contributed by atoms with Crippen LogP contribution < -0.4 is 19.7 Å². The van der Waals surface area contributed by atoms with Crippen LogP contribution in [0.25, 0.3) is 0 Å². The standard InChI is InChI=1S/C21H26N2O3/c1-16(26-20-12-10-19(25-2)11-13-20)21(24)22-17-6-8-18(9-7-17)23-14-4-3-5-15-23/h6-13,16H,3-5,14-15H2,1-2H3,(H,22,24)/t16-/m1/s1. The molecule has 0 radical (unpaired) electrons. The van der Waals surface area contributed by atoms with Gasteiger partial charge in [-0.05, 0) is 74.7 Å². The molecule has 0 aliphatic carbocycles. The summed E-state index contributed by atoms with van der Waals surface area (Å²) in [6.07, 6.45) is 3.22. The maximum atomic E-state index is 12.4. The van der Waals surface area contributed by atoms with Gasteiger partial charge in [0, 0.05) is 24.5 Å². The van der Waals surface area contributed by atoms with Crippen LogP contribution in [0.3, 0.4) is 0 Å². The summed E-state index contributed by atoms with van der Waals surface area (Å²) >= 11 is 0. The van der Waals surface area contributed by atoms with Gasteiger partial charge in [0.25, 0.3) is 5.91 Å². The summed E-state index contributed by atoms with van der Waals surface area (Å²) in [6, 6.07) is 15.2. The van der Waals surface area contributed by atoms with Crippen molar-refractivity contribution in [2.75, 3.05) is 30.4 Å². The number of piperidine rings is 1. The summed E-state index contributed by atoms with van der Waals surface area (Å²) in [6.45, 7) is 3.96. The van der Waals surface area contributed by atoms with Crippen molar-refractivity contribution in [2.45, 2.75) is 32.3 Å². The maximum absolute atomic E-state index is 12.4. The number of nitrogens with zero attached hydrogens (tertiary/aromatic N) is 1. The Balaban J connectivity index is 1.54. The second-order valence-corrected chi connectivity index (χ2v) is 6.52. The molecule has 2 aromatic rings. The van der Waals surface area contributed by atoms with Gasteiger partial charge < -0.3 is 19.7 Å². The third-order valence-corrected chi connectivity index (χ3v) is 4.60. The summed E-state index contributed by atoms with van der Waals surface area (Å²) in [5, 5.41) is 2.91. The normalized spacial score (nSPS) is 15.2. The molecule has 1 amide bonds. The molecular formula is C21H26N2O3. The first-order valence-corrected chi connectivity index (χ1v) is 9.12. The largest absolute Gasteiger partial charge is 0.497 e. The lowest BCUT2D eigenvalue weighted by atomic mass is 10.1. The fraction of sp³-hybridized carbons (Fsp3) is 0.381. The molecule has 0 bridgehead atoms. The average Bonchev–Trinajstić information content (AvgIpc) is 2.70. The predicted octanol–water partition coefficient (Wildman–Crippen LogP) is 4.09. The third kappa shape index (κ3) is 4.69. The number of benzene rings is 2. The van der Waals surface area contributed by atoms with Gasteiger partial charge in [0.15, 0.2) is 6.10 Å². The lowest BCUT2D eigenvalue weighted by Gasteiger charge is -2.28. The quantitative estimate of drug-likeness (QED) is 0.849. The zero-order valence-corrected chi connectivity index (χ0v) is 15.4. The molecule has 3 rings (SSSR count). The van der Waals surface area contributed by atoms with Gasteiger partial charge in [-0.3, -0.25) is 4.79 Å². The number of hydrogen-bond acceptors (Lipinski definition) is 4. The summed E-state index contributed by atoms with van der Waals surface area (Å²) in [5.74, 6) is 1.21. The number of nitrogens with one attached hydrogen (secondary N) is 1. The van der Waals surface area contributed by atoms with Crippen LogP contribution in [0.5, 0.6) is 11.5 Å². The Morgan fingerprint density at radius 1 is 0.962 bits per heavy atom. The van der Waals surface area contributed by atoms with E-state index in [2.05, 4.69) is 22.3 Å². The lowest BCUT2D eigenvalue weighted by molar-refractivity contribution is -0.122. The smallest absolute Gasteiger partial charge is 0.265 e. The number of carbonyl (C=O) groups is 1. The minimum absolute atomic E-state index is 0.174. The molecule has 0 unspecified atom stereocenters. The van der Waals surface area contributed by atoms with Gasteiger partial charge in [-0.25, -0.2) is 0 Å². The third-order valence-electron chi connectivity index (χ3n) is 4.60. The van der Waals surface area contributed by atoms with E-state index in [0.29, 0.717) is 5.75 Å². The highest BCUT2D eigenvalue weighted by atomic mass is 16.5. The minimum atomic E-state index is -0.592. The van der Waals surface area contributed by atoms with E-state index < -0.39 is 6.10 Å². The molecule has 0 saturated carbocycles. The number of amides is 1. The topological polar surface area (TPSA) is 50.8 Å². The summed E-state index contributed by atoms with van der Waals surface area (Å²) in [4.78, 5) is 14.7. The van der Waals surface area contributed by atoms with Gasteiger partial charge in [0.1, 0.15) is 11.5 Å². The van der Waals surface area contributed by atoms with E-state index >= 15 is 0 Å². The van der Waals surface area contributed by atoms with Crippen molar-refractivity contribution in [2.24, 2.45) is 0 Å². The highest BCUT2D eigenvalue weighted by Crippen LogP contribution is 2.22. The number of hydrogen-bond donors (Lipinski definition) is 1. The maximum Gasteiger partial charge on any atom is 0.265 e. The van der Waals surface area contributed by atoms with E-state index in [4.69, 9.17) is 9.47 Å². The SMILES string of the molecule is COc1ccc(O[C@H](C)C(=O)Nc2ccc(N3CCCCC3)cc2)cc1. The Hall–Kier alpha value is -2.69. The number of anilines is 2. The van der Waals surface area contributed by atoms with Crippen LogP contribution in [0.2, 0.25) is 0 Å². The Labute approximate surface area is 154 Å². The minimum Gasteiger partial charge on any atom is -0.497 e. The Kier molecular flexibility index (Phi) is 6.00. The summed E-state index contributed by atoms with van der Waals surface area (Å²) in [5.41, 5.74) is 1.99. The molecule has 1 aliphatic rings. The first-order chi connectivity index (χ1) is 12.7. The van der Waals surface area contributed by atoms with Crippen LogP contribution in [-0.4, -0.2) is 32.2 Å². The molecule has 1 heterocycles. The highest BCUT2D eigenvalue weighted by Gasteiger charge is 2.16. The van der Waals surface area contributed by atoms with Gasteiger partial charge in [-0.1, -0.05) is 0 Å². The fourth-order valence-electron chi connectivity index (χ4n) is 3.06. The Morgan fingerprint density at radius 3 is 2.19 bits per heavy atom. The van der Waals surface area contributed by atoms with Gasteiger partial charge in [-0.15, -0.1) is 0 Å². The van der Waals surface area contributed by atoms with E-state index in [9.17, 15) is 4.79 Å². The molecular weight excluding hydrogens is 328 g/mol. The van der Waals surface area contributed by atoms with Crippen LogP contribution in [0, 0.1) is 0 Å². The monoisotopic (exact) mass is 354 g/mol. The van der Waals surface area contributed by atoms with E-state index in [1.807, 2.05) is 12.1 Å². The molecule has 0 aromatic heterocycles. The molecule has 1 saturated heterocycles. The van der Waals surface area contributed by atoms with Gasteiger partial charge in [-0.2, -0.15) is 0 Å². The second-order valence-electron chi connectivity index (χ2n) is 6.52. The Morgan fingerprint density at radius 2 is 1.58 bits per heavy atom. The highest BCUT2D eigenvalue weighted by molar-refractivity contribution is 5.94. The summed E-state index contributed by atoms with van der Waals surface area (Å²) < 4.78 is 10.8. The number of rotatable bonds is 6. The summed E-state index contributed by atoms with van der Waals surface area (Å²) in [7, 11) is 1.61. The predicted molar refractivity (Wildman–Crippen MR) is 104 cm³/mol. The van der Waals surface area contributed by atoms with Crippen LogP contribution in [0.15, 0.2) is 48.5 Å². The molecule has 5 nitrogen and oxygen atoms in total. The van der Waals surface area contributed by atoms with Crippen molar-refractivity contribution in [3.63, 3.8) is 0 Å². The molecule has 1 atom stereocenters. The van der Waals surface area contributed by atoms with Gasteiger partial charge in [0.05, 0.1) is 7.11 Å². The van der Waals surface area contributed by atoms with E-state index in [-0.39, 0.29) is 5.91 Å². The molecule has 26 heavy (non-hydrogen) atoms. The molecule has 2 aromatic carbocycles. The number of ether oxygens (including phenoxy) is 2. The van der Waals surface area contributed by atoms with E-state index in [1.54, 1.807) is 38.3 Å². The molecule has 1 aliphatic heterocycles. The van der Waals surface area contributed by atoms with Crippen molar-refractivity contribution in [3.8, 4) is 11.5 Å². The molecule has 138 valence electrons. The van der Waals surface area contributed by atoms with Gasteiger partial charge in [0.2, 0.25) is 0 Å². The first kappa shape index (κ1) is 18.1.